The van der Waals surface area contributed by atoms with Gasteiger partial charge < -0.3 is 10.2 Å². The average Bonchev–Trinajstić information content (AvgIpc) is 3.29. The van der Waals surface area contributed by atoms with Gasteiger partial charge in [0.1, 0.15) is 0 Å². The third-order valence-electron chi connectivity index (χ3n) is 5.22. The summed E-state index contributed by atoms with van der Waals surface area (Å²) < 4.78 is 1.68. The van der Waals surface area contributed by atoms with Crippen LogP contribution < -0.4 is 10.2 Å². The number of hydrogen-bond acceptors (Lipinski definition) is 5. The molecule has 0 spiro atoms. The van der Waals surface area contributed by atoms with Crippen LogP contribution in [-0.2, 0) is 11.2 Å². The van der Waals surface area contributed by atoms with Crippen LogP contribution >= 0.6 is 0 Å². The van der Waals surface area contributed by atoms with Crippen molar-refractivity contribution >= 4 is 17.4 Å². The van der Waals surface area contributed by atoms with Crippen LogP contribution in [0.1, 0.15) is 25.3 Å². The molecule has 1 amide bonds. The topological polar surface area (TPSA) is 75.9 Å². The number of hydrogen-bond donors (Lipinski definition) is 1. The van der Waals surface area contributed by atoms with Crippen molar-refractivity contribution in [2.24, 2.45) is 5.92 Å². The second kappa shape index (κ2) is 8.21. The summed E-state index contributed by atoms with van der Waals surface area (Å²) in [6, 6.07) is 13.7. The second-order valence-electron chi connectivity index (χ2n) is 6.96. The first kappa shape index (κ1) is 18.2. The van der Waals surface area contributed by atoms with Crippen molar-refractivity contribution in [3.63, 3.8) is 0 Å². The molecular formula is C21H24N6O. The summed E-state index contributed by atoms with van der Waals surface area (Å²) in [5.74, 6) is 1.67. The Labute approximate surface area is 164 Å². The van der Waals surface area contributed by atoms with E-state index in [-0.39, 0.29) is 11.8 Å². The molecule has 1 aliphatic heterocycles. The van der Waals surface area contributed by atoms with E-state index in [9.17, 15) is 4.79 Å². The van der Waals surface area contributed by atoms with Gasteiger partial charge in [0.15, 0.2) is 11.6 Å². The van der Waals surface area contributed by atoms with Crippen LogP contribution in [0.25, 0.3) is 5.82 Å². The Balaban J connectivity index is 1.34. The van der Waals surface area contributed by atoms with Gasteiger partial charge >= 0.3 is 0 Å². The minimum absolute atomic E-state index is 0.0254. The van der Waals surface area contributed by atoms with Crippen molar-refractivity contribution in [2.75, 3.05) is 23.3 Å². The van der Waals surface area contributed by atoms with Gasteiger partial charge in [0.25, 0.3) is 0 Å². The lowest BCUT2D eigenvalue weighted by Gasteiger charge is -2.32. The number of aromatic nitrogens is 4. The fourth-order valence-corrected chi connectivity index (χ4v) is 3.57. The highest BCUT2D eigenvalue weighted by atomic mass is 16.1. The van der Waals surface area contributed by atoms with Crippen molar-refractivity contribution in [2.45, 2.75) is 26.2 Å². The van der Waals surface area contributed by atoms with Crippen molar-refractivity contribution in [3.05, 3.63) is 60.4 Å². The first-order valence-corrected chi connectivity index (χ1v) is 9.72. The summed E-state index contributed by atoms with van der Waals surface area (Å²) in [5.41, 5.74) is 2.10. The van der Waals surface area contributed by atoms with Gasteiger partial charge in [-0.15, -0.1) is 10.2 Å². The van der Waals surface area contributed by atoms with Crippen LogP contribution in [0.3, 0.4) is 0 Å². The molecule has 1 N–H and O–H groups in total. The zero-order valence-corrected chi connectivity index (χ0v) is 16.0. The van der Waals surface area contributed by atoms with Gasteiger partial charge in [-0.05, 0) is 49.1 Å². The number of nitrogens with zero attached hydrogens (tertiary/aromatic N) is 5. The van der Waals surface area contributed by atoms with E-state index in [0.717, 1.165) is 43.9 Å². The zero-order valence-electron chi connectivity index (χ0n) is 16.0. The molecule has 0 saturated carbocycles. The molecule has 0 radical (unpaired) electrons. The first-order valence-electron chi connectivity index (χ1n) is 9.72. The molecule has 4 rings (SSSR count). The molecule has 0 aliphatic carbocycles. The fourth-order valence-electron chi connectivity index (χ4n) is 3.57. The lowest BCUT2D eigenvalue weighted by molar-refractivity contribution is -0.120. The molecule has 3 heterocycles. The molecule has 144 valence electrons. The van der Waals surface area contributed by atoms with E-state index in [0.29, 0.717) is 5.82 Å². The van der Waals surface area contributed by atoms with Crippen LogP contribution in [0.2, 0.25) is 0 Å². The minimum Gasteiger partial charge on any atom is -0.355 e. The molecule has 0 atom stereocenters. The molecular weight excluding hydrogens is 352 g/mol. The number of benzene rings is 1. The van der Waals surface area contributed by atoms with Crippen LogP contribution in [0, 0.1) is 5.92 Å². The molecule has 1 fully saturated rings. The molecule has 1 aromatic carbocycles. The van der Waals surface area contributed by atoms with Crippen LogP contribution in [-0.4, -0.2) is 39.0 Å². The molecule has 1 aliphatic rings. The predicted molar refractivity (Wildman–Crippen MR) is 109 cm³/mol. The number of carbonyl (C=O) groups is 1. The van der Waals surface area contributed by atoms with E-state index >= 15 is 0 Å². The van der Waals surface area contributed by atoms with Crippen molar-refractivity contribution in [1.29, 1.82) is 0 Å². The zero-order chi connectivity index (χ0) is 19.3. The maximum absolute atomic E-state index is 12.7. The summed E-state index contributed by atoms with van der Waals surface area (Å²) in [6.45, 7) is 3.69. The number of amides is 1. The Bertz CT molecular complexity index is 914. The Morgan fingerprint density at radius 3 is 2.50 bits per heavy atom. The quantitative estimate of drug-likeness (QED) is 0.741. The maximum atomic E-state index is 12.7. The summed E-state index contributed by atoms with van der Waals surface area (Å²) in [7, 11) is 0. The molecule has 2 aromatic heterocycles. The molecule has 3 aromatic rings. The van der Waals surface area contributed by atoms with Gasteiger partial charge in [0.05, 0.1) is 0 Å². The maximum Gasteiger partial charge on any atom is 0.227 e. The van der Waals surface area contributed by atoms with E-state index in [2.05, 4.69) is 38.5 Å². The smallest absolute Gasteiger partial charge is 0.227 e. The molecule has 1 saturated heterocycles. The fraction of sp³-hybridized carbons (Fsp3) is 0.333. The standard InChI is InChI=1S/C21H24N6O/c1-2-16-6-3-4-7-18(16)23-21(28)17-10-14-26(15-11-17)19-8-9-20(25-24-19)27-13-5-12-22-27/h3-9,12-13,17H,2,10-11,14-15H2,1H3,(H,23,28). The molecule has 7 nitrogen and oxygen atoms in total. The Morgan fingerprint density at radius 1 is 1.07 bits per heavy atom. The van der Waals surface area contributed by atoms with E-state index in [1.54, 1.807) is 10.9 Å². The third-order valence-corrected chi connectivity index (χ3v) is 5.22. The van der Waals surface area contributed by atoms with Crippen molar-refractivity contribution < 1.29 is 4.79 Å². The highest BCUT2D eigenvalue weighted by molar-refractivity contribution is 5.93. The summed E-state index contributed by atoms with van der Waals surface area (Å²) in [6.07, 6.45) is 6.07. The molecule has 0 unspecified atom stereocenters. The second-order valence-corrected chi connectivity index (χ2v) is 6.96. The SMILES string of the molecule is CCc1ccccc1NC(=O)C1CCN(c2ccc(-n3cccn3)nn2)CC1. The van der Waals surface area contributed by atoms with E-state index in [1.807, 2.05) is 42.6 Å². The predicted octanol–water partition coefficient (Wildman–Crippen LogP) is 3.08. The number of aryl methyl sites for hydroxylation is 1. The van der Waals surface area contributed by atoms with Gasteiger partial charge in [-0.25, -0.2) is 4.68 Å². The average molecular weight is 376 g/mol. The highest BCUT2D eigenvalue weighted by Gasteiger charge is 2.26. The summed E-state index contributed by atoms with van der Waals surface area (Å²) in [4.78, 5) is 14.9. The molecule has 7 heteroatoms. The number of carbonyl (C=O) groups excluding carboxylic acids is 1. The van der Waals surface area contributed by atoms with Crippen molar-refractivity contribution in [3.8, 4) is 5.82 Å². The van der Waals surface area contributed by atoms with Crippen molar-refractivity contribution in [1.82, 2.24) is 20.0 Å². The summed E-state index contributed by atoms with van der Waals surface area (Å²) in [5, 5.41) is 15.9. The number of anilines is 2. The van der Waals surface area contributed by atoms with Crippen LogP contribution in [0.15, 0.2) is 54.9 Å². The van der Waals surface area contributed by atoms with E-state index in [1.165, 1.54) is 5.56 Å². The lowest BCUT2D eigenvalue weighted by atomic mass is 9.95. The number of para-hydroxylation sites is 1. The number of piperidine rings is 1. The third kappa shape index (κ3) is 3.88. The normalized spacial score (nSPS) is 14.8. The minimum atomic E-state index is 0.0254. The van der Waals surface area contributed by atoms with Crippen LogP contribution in [0.4, 0.5) is 11.5 Å². The van der Waals surface area contributed by atoms with E-state index in [4.69, 9.17) is 0 Å². The number of rotatable bonds is 5. The Morgan fingerprint density at radius 2 is 1.82 bits per heavy atom. The van der Waals surface area contributed by atoms with Crippen LogP contribution in [0.5, 0.6) is 0 Å². The molecule has 0 bridgehead atoms. The number of nitrogens with one attached hydrogen (secondary N) is 1. The molecule has 28 heavy (non-hydrogen) atoms. The Kier molecular flexibility index (Phi) is 5.32. The lowest BCUT2D eigenvalue weighted by Crippen LogP contribution is -2.38. The monoisotopic (exact) mass is 376 g/mol. The Hall–Kier alpha value is -3.22. The van der Waals surface area contributed by atoms with Gasteiger partial charge in [-0.1, -0.05) is 25.1 Å². The van der Waals surface area contributed by atoms with E-state index < -0.39 is 0 Å². The first-order chi connectivity index (χ1) is 13.7. The van der Waals surface area contributed by atoms with Gasteiger partial charge in [-0.3, -0.25) is 4.79 Å². The van der Waals surface area contributed by atoms with Gasteiger partial charge in [0, 0.05) is 37.1 Å². The van der Waals surface area contributed by atoms with Gasteiger partial charge in [-0.2, -0.15) is 5.10 Å². The highest BCUT2D eigenvalue weighted by Crippen LogP contribution is 2.24. The summed E-state index contributed by atoms with van der Waals surface area (Å²) >= 11 is 0. The van der Waals surface area contributed by atoms with Gasteiger partial charge in [0.2, 0.25) is 5.91 Å². The largest absolute Gasteiger partial charge is 0.355 e.